The molecular formula is C43H49ClN6O6. The molecule has 1 saturated heterocycles. The van der Waals surface area contributed by atoms with Crippen LogP contribution in [-0.4, -0.2) is 61.9 Å². The van der Waals surface area contributed by atoms with E-state index in [9.17, 15) is 29.2 Å². The zero-order valence-electron chi connectivity index (χ0n) is 32.0. The van der Waals surface area contributed by atoms with Crippen molar-refractivity contribution in [2.24, 2.45) is 0 Å². The van der Waals surface area contributed by atoms with Gasteiger partial charge in [0.15, 0.2) is 6.04 Å². The van der Waals surface area contributed by atoms with Crippen molar-refractivity contribution >= 4 is 40.9 Å². The van der Waals surface area contributed by atoms with Crippen LogP contribution in [-0.2, 0) is 27.4 Å². The smallest absolute Gasteiger partial charge is 0.330 e. The summed E-state index contributed by atoms with van der Waals surface area (Å²) in [5.41, 5.74) is 0.816. The largest absolute Gasteiger partial charge is 0.350 e. The van der Waals surface area contributed by atoms with Crippen LogP contribution in [0.25, 0.3) is 11.3 Å². The summed E-state index contributed by atoms with van der Waals surface area (Å²) in [5.74, 6) is -2.99. The number of nitrogens with one attached hydrogen (secondary N) is 2. The van der Waals surface area contributed by atoms with E-state index in [1.807, 2.05) is 12.1 Å². The van der Waals surface area contributed by atoms with E-state index >= 15 is 0 Å². The fraction of sp³-hybridized carbons (Fsp3) is 0.395. The highest BCUT2D eigenvalue weighted by molar-refractivity contribution is 6.34. The SMILES string of the molecule is CCCCCCCCCCCCn1c(-c2ccccc2)c(C(=O)C(C(=O)Nc2cc(C#N)ccc2Cl)N2C(=O)C(OCC)N(Cc3ccccc3)C2=O)[nH]c1=O. The van der Waals surface area contributed by atoms with Crippen molar-refractivity contribution in [3.63, 3.8) is 0 Å². The molecular weight excluding hydrogens is 732 g/mol. The standard InChI is InChI=1S/C43H49ClN6O6/c1-3-5-6-7-8-9-10-11-12-19-26-48-36(32-22-17-14-18-23-32)35(47-42(48)54)38(51)37(39(52)46-34-27-31(28-45)24-25-33(34)44)50-40(53)41(56-4-2)49(43(50)55)29-30-20-15-13-16-21-30/h13-18,20-25,27,37,41H,3-12,19,26,29H2,1-2H3,(H,46,52)(H,47,54). The summed E-state index contributed by atoms with van der Waals surface area (Å²) in [7, 11) is 0. The van der Waals surface area contributed by atoms with Crippen molar-refractivity contribution in [1.29, 1.82) is 5.26 Å². The number of amides is 4. The lowest BCUT2D eigenvalue weighted by molar-refractivity contribution is -0.144. The second kappa shape index (κ2) is 20.4. The third-order valence-electron chi connectivity index (χ3n) is 9.82. The van der Waals surface area contributed by atoms with Crippen LogP contribution in [0.15, 0.2) is 83.7 Å². The van der Waals surface area contributed by atoms with Crippen molar-refractivity contribution in [2.75, 3.05) is 11.9 Å². The predicted molar refractivity (Wildman–Crippen MR) is 215 cm³/mol. The number of imidazole rings is 1. The van der Waals surface area contributed by atoms with Gasteiger partial charge in [0.1, 0.15) is 5.69 Å². The Bertz CT molecular complexity index is 2080. The van der Waals surface area contributed by atoms with Gasteiger partial charge in [-0.1, -0.05) is 137 Å². The minimum atomic E-state index is -2.10. The van der Waals surface area contributed by atoms with Gasteiger partial charge >= 0.3 is 11.7 Å². The Kier molecular flexibility index (Phi) is 15.2. The van der Waals surface area contributed by atoms with Gasteiger partial charge < -0.3 is 15.0 Å². The Labute approximate surface area is 332 Å². The number of Topliss-reactive ketones (excluding diaryl/α,β-unsaturated/α-hetero) is 1. The van der Waals surface area contributed by atoms with E-state index in [4.69, 9.17) is 16.3 Å². The molecule has 2 atom stereocenters. The molecule has 1 fully saturated rings. The third-order valence-corrected chi connectivity index (χ3v) is 10.2. The Morgan fingerprint density at radius 2 is 1.50 bits per heavy atom. The molecule has 12 nitrogen and oxygen atoms in total. The Morgan fingerprint density at radius 3 is 2.12 bits per heavy atom. The number of hydrogen-bond donors (Lipinski definition) is 2. The molecule has 0 spiro atoms. The lowest BCUT2D eigenvalue weighted by atomic mass is 10.0. The molecule has 2 heterocycles. The summed E-state index contributed by atoms with van der Waals surface area (Å²) in [5, 5.41) is 12.1. The summed E-state index contributed by atoms with van der Waals surface area (Å²) in [6.07, 6.45) is 9.59. The molecule has 0 radical (unpaired) electrons. The van der Waals surface area contributed by atoms with Crippen molar-refractivity contribution in [3.8, 4) is 17.3 Å². The molecule has 5 rings (SSSR count). The highest BCUT2D eigenvalue weighted by Gasteiger charge is 2.53. The number of H-pyrrole nitrogens is 1. The molecule has 0 saturated carbocycles. The first-order chi connectivity index (χ1) is 27.2. The van der Waals surface area contributed by atoms with E-state index in [-0.39, 0.29) is 40.8 Å². The topological polar surface area (TPSA) is 158 Å². The highest BCUT2D eigenvalue weighted by atomic mass is 35.5. The Morgan fingerprint density at radius 1 is 0.875 bits per heavy atom. The summed E-state index contributed by atoms with van der Waals surface area (Å²) in [6.45, 7) is 4.17. The first-order valence-corrected chi connectivity index (χ1v) is 19.8. The lowest BCUT2D eigenvalue weighted by Gasteiger charge is -2.25. The summed E-state index contributed by atoms with van der Waals surface area (Å²) >= 11 is 6.40. The second-order valence-electron chi connectivity index (χ2n) is 13.8. The third kappa shape index (κ3) is 10.0. The van der Waals surface area contributed by atoms with Gasteiger partial charge in [0.2, 0.25) is 12.0 Å². The average Bonchev–Trinajstić information content (AvgIpc) is 3.65. The average molecular weight is 781 g/mol. The Balaban J connectivity index is 1.51. The normalized spacial score (nSPS) is 14.6. The number of halogens is 1. The van der Waals surface area contributed by atoms with Gasteiger partial charge in [-0.2, -0.15) is 5.26 Å². The van der Waals surface area contributed by atoms with Gasteiger partial charge in [-0.3, -0.25) is 23.9 Å². The maximum Gasteiger partial charge on any atom is 0.330 e. The van der Waals surface area contributed by atoms with Gasteiger partial charge in [-0.15, -0.1) is 0 Å². The first-order valence-electron chi connectivity index (χ1n) is 19.4. The van der Waals surface area contributed by atoms with Crippen LogP contribution in [0.3, 0.4) is 0 Å². The number of hydrogen-bond acceptors (Lipinski definition) is 7. The van der Waals surface area contributed by atoms with Gasteiger partial charge in [-0.25, -0.2) is 14.5 Å². The monoisotopic (exact) mass is 780 g/mol. The number of ether oxygens (including phenoxy) is 1. The number of benzene rings is 3. The van der Waals surface area contributed by atoms with E-state index < -0.39 is 41.6 Å². The van der Waals surface area contributed by atoms with Crippen LogP contribution in [0, 0.1) is 11.3 Å². The van der Waals surface area contributed by atoms with Crippen LogP contribution in [0.5, 0.6) is 0 Å². The van der Waals surface area contributed by atoms with E-state index in [1.54, 1.807) is 61.5 Å². The van der Waals surface area contributed by atoms with Gasteiger partial charge in [-0.05, 0) is 37.1 Å². The zero-order chi connectivity index (χ0) is 40.0. The number of rotatable bonds is 21. The fourth-order valence-electron chi connectivity index (χ4n) is 6.97. The minimum absolute atomic E-state index is 0.00887. The summed E-state index contributed by atoms with van der Waals surface area (Å²) < 4.78 is 7.23. The molecule has 0 aliphatic carbocycles. The van der Waals surface area contributed by atoms with Gasteiger partial charge in [0, 0.05) is 18.7 Å². The van der Waals surface area contributed by atoms with E-state index in [2.05, 4.69) is 17.2 Å². The van der Waals surface area contributed by atoms with Gasteiger partial charge in [0.25, 0.3) is 11.8 Å². The number of urea groups is 1. The number of anilines is 1. The highest BCUT2D eigenvalue weighted by Crippen LogP contribution is 2.30. The van der Waals surface area contributed by atoms with Crippen molar-refractivity contribution < 1.29 is 23.9 Å². The molecule has 4 aromatic rings. The van der Waals surface area contributed by atoms with E-state index in [1.165, 1.54) is 54.9 Å². The first kappa shape index (κ1) is 41.6. The number of aromatic amines is 1. The molecule has 2 unspecified atom stereocenters. The molecule has 294 valence electrons. The number of imide groups is 1. The quantitative estimate of drug-likeness (QED) is 0.0373. The van der Waals surface area contributed by atoms with E-state index in [0.29, 0.717) is 29.0 Å². The maximum atomic E-state index is 15.0. The molecule has 1 aliphatic heterocycles. The molecule has 13 heteroatoms. The van der Waals surface area contributed by atoms with Crippen LogP contribution in [0.4, 0.5) is 10.5 Å². The zero-order valence-corrected chi connectivity index (χ0v) is 32.7. The number of carbonyl (C=O) groups excluding carboxylic acids is 4. The van der Waals surface area contributed by atoms with Crippen molar-refractivity contribution in [1.82, 2.24) is 19.4 Å². The Hall–Kier alpha value is -5.51. The molecule has 4 amide bonds. The molecule has 1 aliphatic rings. The number of ketones is 1. The maximum absolute atomic E-state index is 15.0. The number of unbranched alkanes of at least 4 members (excludes halogenated alkanes) is 9. The molecule has 2 N–H and O–H groups in total. The lowest BCUT2D eigenvalue weighted by Crippen LogP contribution is -2.53. The van der Waals surface area contributed by atoms with E-state index in [0.717, 1.165) is 30.6 Å². The number of aromatic nitrogens is 2. The number of carbonyl (C=O) groups is 4. The van der Waals surface area contributed by atoms with Crippen LogP contribution in [0.1, 0.15) is 99.7 Å². The number of nitrogens with zero attached hydrogens (tertiary/aromatic N) is 4. The number of nitriles is 1. The summed E-state index contributed by atoms with van der Waals surface area (Å²) in [6, 6.07) is 20.9. The predicted octanol–water partition coefficient (Wildman–Crippen LogP) is 8.31. The van der Waals surface area contributed by atoms with Crippen LogP contribution in [0.2, 0.25) is 5.02 Å². The van der Waals surface area contributed by atoms with Crippen molar-refractivity contribution in [2.45, 2.75) is 103 Å². The van der Waals surface area contributed by atoms with Crippen LogP contribution < -0.4 is 11.0 Å². The van der Waals surface area contributed by atoms with Crippen molar-refractivity contribution in [3.05, 3.63) is 111 Å². The molecule has 1 aromatic heterocycles. The summed E-state index contributed by atoms with van der Waals surface area (Å²) in [4.78, 5) is 76.0. The second-order valence-corrected chi connectivity index (χ2v) is 14.2. The van der Waals surface area contributed by atoms with Crippen LogP contribution >= 0.6 is 11.6 Å². The minimum Gasteiger partial charge on any atom is -0.350 e. The molecule has 3 aromatic carbocycles. The molecule has 0 bridgehead atoms. The molecule has 56 heavy (non-hydrogen) atoms. The fourth-order valence-corrected chi connectivity index (χ4v) is 7.13. The van der Waals surface area contributed by atoms with Gasteiger partial charge in [0.05, 0.1) is 34.6 Å².